The van der Waals surface area contributed by atoms with Crippen molar-refractivity contribution < 1.29 is 34.4 Å². The lowest BCUT2D eigenvalue weighted by atomic mass is 9.77. The van der Waals surface area contributed by atoms with Crippen LogP contribution in [0, 0.1) is 29.1 Å². The van der Waals surface area contributed by atoms with Crippen LogP contribution in [0.2, 0.25) is 0 Å². The first-order valence-electron chi connectivity index (χ1n) is 14.9. The summed E-state index contributed by atoms with van der Waals surface area (Å²) in [7, 11) is 0. The minimum Gasteiger partial charge on any atom is -0.478 e. The molecule has 0 amide bonds. The van der Waals surface area contributed by atoms with E-state index in [9.17, 15) is 24.6 Å². The summed E-state index contributed by atoms with van der Waals surface area (Å²) in [4.78, 5) is 35.8. The summed E-state index contributed by atoms with van der Waals surface area (Å²) >= 11 is 0. The number of hydrogen-bond donors (Lipinski definition) is 3. The number of aliphatic carboxylic acids is 1. The Morgan fingerprint density at radius 2 is 1.76 bits per heavy atom. The first kappa shape index (κ1) is 37.0. The molecule has 234 valence electrons. The van der Waals surface area contributed by atoms with E-state index in [-0.39, 0.29) is 41.7 Å². The summed E-state index contributed by atoms with van der Waals surface area (Å²) in [6.45, 7) is 16.9. The van der Waals surface area contributed by atoms with Gasteiger partial charge in [-0.2, -0.15) is 0 Å². The minimum atomic E-state index is -1.04. The largest absolute Gasteiger partial charge is 0.478 e. The fourth-order valence-corrected chi connectivity index (χ4v) is 5.07. The molecule has 1 aliphatic heterocycles. The number of carboxylic acid groups (broad SMARTS) is 1. The number of ether oxygens (including phenoxy) is 1. The first-order chi connectivity index (χ1) is 19.5. The molecule has 0 saturated heterocycles. The van der Waals surface area contributed by atoms with Crippen LogP contribution in [0.5, 0.6) is 0 Å². The third-order valence-electron chi connectivity index (χ3n) is 8.17. The molecule has 0 saturated carbocycles. The predicted molar refractivity (Wildman–Crippen MR) is 168 cm³/mol. The Hall–Kier alpha value is -3.03. The summed E-state index contributed by atoms with van der Waals surface area (Å²) < 4.78 is 5.56. The highest BCUT2D eigenvalue weighted by Gasteiger charge is 2.36. The maximum Gasteiger partial charge on any atom is 0.331 e. The highest BCUT2D eigenvalue weighted by Crippen LogP contribution is 2.36. The molecule has 7 nitrogen and oxygen atoms in total. The molecule has 0 aliphatic carbocycles. The lowest BCUT2D eigenvalue weighted by Gasteiger charge is -2.36. The van der Waals surface area contributed by atoms with Gasteiger partial charge in [0, 0.05) is 23.5 Å². The molecule has 3 N–H and O–H groups in total. The molecule has 0 aromatic heterocycles. The highest BCUT2D eigenvalue weighted by molar-refractivity contribution is 5.85. The SMILES string of the molecule is CCC(=C/[C@H](C)C/C=C/C(C)=C/[C@@H](CO)C(=O)[C@@H](C)[C@H](O)[C@@H](C)C/C(C)=C/C(=O)O)/C=C/[C@@H]1OC(=O)C=C(C)C1(C)C. The van der Waals surface area contributed by atoms with Crippen molar-refractivity contribution in [2.75, 3.05) is 6.61 Å². The summed E-state index contributed by atoms with van der Waals surface area (Å²) in [6, 6.07) is 0. The second-order valence-corrected chi connectivity index (χ2v) is 12.4. The van der Waals surface area contributed by atoms with Gasteiger partial charge in [-0.05, 0) is 57.9 Å². The van der Waals surface area contributed by atoms with Crippen LogP contribution in [0.3, 0.4) is 0 Å². The van der Waals surface area contributed by atoms with Crippen LogP contribution < -0.4 is 0 Å². The smallest absolute Gasteiger partial charge is 0.331 e. The van der Waals surface area contributed by atoms with Gasteiger partial charge in [0.05, 0.1) is 18.6 Å². The fraction of sp³-hybridized carbons (Fsp3) is 0.571. The number of aliphatic hydroxyl groups excluding tert-OH is 2. The van der Waals surface area contributed by atoms with E-state index in [4.69, 9.17) is 9.84 Å². The number of carbonyl (C=O) groups is 3. The van der Waals surface area contributed by atoms with Gasteiger partial charge in [-0.3, -0.25) is 4.79 Å². The van der Waals surface area contributed by atoms with E-state index in [1.807, 2.05) is 38.2 Å². The van der Waals surface area contributed by atoms with Crippen molar-refractivity contribution >= 4 is 17.7 Å². The summed E-state index contributed by atoms with van der Waals surface area (Å²) in [5.41, 5.74) is 3.35. The standard InChI is InChI=1S/C35H52O7/c1-10-28(14-15-30-35(8,9)26(6)20-32(39)42-30)17-22(2)12-11-13-23(3)18-29(21-36)34(41)27(7)33(40)25(5)16-24(4)19-31(37)38/h11,13-15,17-20,22,25,27,29-30,33,36,40H,10,12,16,21H2,1-9H3,(H,37,38)/b13-11+,15-14+,23-18+,24-19+,28-17-/t22-,25+,27+,29+,30+,33-/m1/s1. The number of Topliss-reactive ketones (excluding diaryl/α,β-unsaturated/α-hetero) is 1. The van der Waals surface area contributed by atoms with E-state index in [2.05, 4.69) is 33.8 Å². The molecule has 0 aromatic carbocycles. The topological polar surface area (TPSA) is 121 Å². The van der Waals surface area contributed by atoms with Gasteiger partial charge in [0.1, 0.15) is 11.9 Å². The number of carboxylic acids is 1. The number of carbonyl (C=O) groups excluding carboxylic acids is 2. The van der Waals surface area contributed by atoms with Crippen LogP contribution in [-0.2, 0) is 19.1 Å². The van der Waals surface area contributed by atoms with E-state index in [1.165, 1.54) is 0 Å². The van der Waals surface area contributed by atoms with Gasteiger partial charge < -0.3 is 20.1 Å². The van der Waals surface area contributed by atoms with Crippen molar-refractivity contribution in [3.8, 4) is 0 Å². The molecule has 42 heavy (non-hydrogen) atoms. The highest BCUT2D eigenvalue weighted by atomic mass is 16.5. The lowest BCUT2D eigenvalue weighted by Crippen LogP contribution is -2.37. The van der Waals surface area contributed by atoms with E-state index >= 15 is 0 Å². The van der Waals surface area contributed by atoms with Crippen molar-refractivity contribution in [2.45, 2.75) is 93.8 Å². The van der Waals surface area contributed by atoms with Crippen LogP contribution in [-0.4, -0.2) is 51.9 Å². The Morgan fingerprint density at radius 1 is 1.12 bits per heavy atom. The van der Waals surface area contributed by atoms with Gasteiger partial charge >= 0.3 is 11.9 Å². The Morgan fingerprint density at radius 3 is 2.33 bits per heavy atom. The van der Waals surface area contributed by atoms with Crippen LogP contribution >= 0.6 is 0 Å². The summed E-state index contributed by atoms with van der Waals surface area (Å²) in [5.74, 6) is -3.12. The molecule has 6 atom stereocenters. The third kappa shape index (κ3) is 11.7. The monoisotopic (exact) mass is 584 g/mol. The van der Waals surface area contributed by atoms with Crippen LogP contribution in [0.4, 0.5) is 0 Å². The molecule has 0 fully saturated rings. The number of rotatable bonds is 16. The van der Waals surface area contributed by atoms with Gasteiger partial charge in [0.2, 0.25) is 0 Å². The van der Waals surface area contributed by atoms with E-state index in [1.54, 1.807) is 32.9 Å². The van der Waals surface area contributed by atoms with Gasteiger partial charge in [-0.15, -0.1) is 0 Å². The van der Waals surface area contributed by atoms with Gasteiger partial charge in [-0.1, -0.05) is 94.2 Å². The Kier molecular flexibility index (Phi) is 15.1. The molecule has 0 radical (unpaired) electrons. The minimum absolute atomic E-state index is 0.252. The quantitative estimate of drug-likeness (QED) is 0.107. The van der Waals surface area contributed by atoms with Gasteiger partial charge in [0.15, 0.2) is 0 Å². The molecular weight excluding hydrogens is 532 g/mol. The van der Waals surface area contributed by atoms with Crippen molar-refractivity contribution in [1.29, 1.82) is 0 Å². The summed E-state index contributed by atoms with van der Waals surface area (Å²) in [5, 5.41) is 29.5. The fourth-order valence-electron chi connectivity index (χ4n) is 5.07. The second-order valence-electron chi connectivity index (χ2n) is 12.4. The van der Waals surface area contributed by atoms with Crippen LogP contribution in [0.15, 0.2) is 70.9 Å². The maximum absolute atomic E-state index is 13.1. The zero-order chi connectivity index (χ0) is 32.2. The zero-order valence-electron chi connectivity index (χ0n) is 26.9. The van der Waals surface area contributed by atoms with Gasteiger partial charge in [0.25, 0.3) is 0 Å². The van der Waals surface area contributed by atoms with E-state index in [0.717, 1.165) is 35.6 Å². The van der Waals surface area contributed by atoms with E-state index in [0.29, 0.717) is 12.0 Å². The normalized spacial score (nSPS) is 22.0. The molecule has 0 bridgehead atoms. The molecule has 1 heterocycles. The Balaban J connectivity index is 2.83. The van der Waals surface area contributed by atoms with Crippen molar-refractivity contribution in [3.05, 3.63) is 70.9 Å². The number of hydrogen-bond acceptors (Lipinski definition) is 6. The average molecular weight is 585 g/mol. The molecule has 0 spiro atoms. The zero-order valence-corrected chi connectivity index (χ0v) is 26.9. The average Bonchev–Trinajstić information content (AvgIpc) is 2.90. The first-order valence-corrected chi connectivity index (χ1v) is 14.9. The van der Waals surface area contributed by atoms with Crippen molar-refractivity contribution in [3.63, 3.8) is 0 Å². The second kappa shape index (κ2) is 17.2. The van der Waals surface area contributed by atoms with Crippen LogP contribution in [0.1, 0.15) is 81.6 Å². The number of aliphatic hydroxyl groups is 2. The molecule has 1 rings (SSSR count). The number of cyclic esters (lactones) is 1. The van der Waals surface area contributed by atoms with Crippen LogP contribution in [0.25, 0.3) is 0 Å². The summed E-state index contributed by atoms with van der Waals surface area (Å²) in [6.07, 6.45) is 15.3. The lowest BCUT2D eigenvalue weighted by molar-refractivity contribution is -0.146. The van der Waals surface area contributed by atoms with Crippen molar-refractivity contribution in [1.82, 2.24) is 0 Å². The third-order valence-corrected chi connectivity index (χ3v) is 8.17. The molecule has 0 aromatic rings. The molecular formula is C35H52O7. The number of esters is 1. The molecule has 7 heteroatoms. The predicted octanol–water partition coefficient (Wildman–Crippen LogP) is 6.54. The molecule has 0 unspecified atom stereocenters. The van der Waals surface area contributed by atoms with Gasteiger partial charge in [-0.25, -0.2) is 9.59 Å². The van der Waals surface area contributed by atoms with Crippen molar-refractivity contribution in [2.24, 2.45) is 29.1 Å². The number of allylic oxidation sites excluding steroid dienone is 7. The Bertz CT molecular complexity index is 1130. The maximum atomic E-state index is 13.1. The number of ketones is 1. The Labute approximate surface area is 252 Å². The molecule has 1 aliphatic rings. The van der Waals surface area contributed by atoms with E-state index < -0.39 is 23.9 Å².